The van der Waals surface area contributed by atoms with Gasteiger partial charge in [0.1, 0.15) is 9.43 Å². The van der Waals surface area contributed by atoms with Gasteiger partial charge in [-0.05, 0) is 46.9 Å². The van der Waals surface area contributed by atoms with Gasteiger partial charge in [0, 0.05) is 16.6 Å². The Morgan fingerprint density at radius 3 is 2.79 bits per heavy atom. The van der Waals surface area contributed by atoms with Crippen molar-refractivity contribution in [3.05, 3.63) is 21.4 Å². The summed E-state index contributed by atoms with van der Waals surface area (Å²) in [6.07, 6.45) is 0. The summed E-state index contributed by atoms with van der Waals surface area (Å²) in [5.41, 5.74) is 2.85. The van der Waals surface area contributed by atoms with Crippen molar-refractivity contribution in [2.75, 3.05) is 0 Å². The zero-order valence-corrected chi connectivity index (χ0v) is 10.2. The maximum Gasteiger partial charge on any atom is 0.145 e. The number of aromatic nitrogens is 2. The molecule has 2 aromatic rings. The van der Waals surface area contributed by atoms with E-state index in [0.29, 0.717) is 0 Å². The minimum Gasteiger partial charge on any atom is -0.392 e. The minimum atomic E-state index is 0.0306. The number of pyridine rings is 1. The van der Waals surface area contributed by atoms with Gasteiger partial charge < -0.3 is 5.11 Å². The zero-order valence-electron chi connectivity index (χ0n) is 7.83. The van der Waals surface area contributed by atoms with Crippen LogP contribution in [0.5, 0.6) is 0 Å². The molecule has 0 fully saturated rings. The highest BCUT2D eigenvalue weighted by Gasteiger charge is 2.13. The number of aryl methyl sites for hydroxylation is 2. The van der Waals surface area contributed by atoms with E-state index in [9.17, 15) is 5.11 Å². The molecule has 74 valence electrons. The molecule has 0 aliphatic heterocycles. The summed E-state index contributed by atoms with van der Waals surface area (Å²) < 4.78 is 5.00. The Morgan fingerprint density at radius 1 is 1.43 bits per heavy atom. The summed E-state index contributed by atoms with van der Waals surface area (Å²) in [6.45, 7) is 3.93. The molecular weight excluding hydrogens is 264 g/mol. The van der Waals surface area contributed by atoms with E-state index in [1.807, 2.05) is 13.8 Å². The molecule has 2 rings (SSSR count). The molecule has 0 aromatic carbocycles. The van der Waals surface area contributed by atoms with E-state index < -0.39 is 0 Å². The molecule has 5 heteroatoms. The largest absolute Gasteiger partial charge is 0.392 e. The number of aliphatic hydroxyl groups excluding tert-OH is 1. The van der Waals surface area contributed by atoms with Crippen molar-refractivity contribution in [1.29, 1.82) is 0 Å². The fourth-order valence-electron chi connectivity index (χ4n) is 1.53. The van der Waals surface area contributed by atoms with Gasteiger partial charge in [0.2, 0.25) is 0 Å². The Hall–Kier alpha value is -0.520. The molecular formula is C9H9BrN2OS. The highest BCUT2D eigenvalue weighted by Crippen LogP contribution is 2.31. The smallest absolute Gasteiger partial charge is 0.145 e. The molecule has 2 heterocycles. The van der Waals surface area contributed by atoms with Crippen LogP contribution >= 0.6 is 27.5 Å². The van der Waals surface area contributed by atoms with Crippen molar-refractivity contribution in [2.45, 2.75) is 20.5 Å². The van der Waals surface area contributed by atoms with Crippen LogP contribution in [-0.4, -0.2) is 14.5 Å². The van der Waals surface area contributed by atoms with E-state index in [4.69, 9.17) is 0 Å². The lowest BCUT2D eigenvalue weighted by Crippen LogP contribution is -1.96. The third-order valence-corrected chi connectivity index (χ3v) is 3.87. The average Bonchev–Trinajstić information content (AvgIpc) is 2.48. The summed E-state index contributed by atoms with van der Waals surface area (Å²) in [5.74, 6) is 0. The van der Waals surface area contributed by atoms with Crippen molar-refractivity contribution in [1.82, 2.24) is 9.36 Å². The van der Waals surface area contributed by atoms with E-state index in [1.54, 1.807) is 0 Å². The monoisotopic (exact) mass is 272 g/mol. The summed E-state index contributed by atoms with van der Waals surface area (Å²) in [4.78, 5) is 5.31. The molecule has 0 spiro atoms. The highest BCUT2D eigenvalue weighted by molar-refractivity contribution is 9.10. The summed E-state index contributed by atoms with van der Waals surface area (Å²) in [5, 5.41) is 10.2. The second-order valence-electron chi connectivity index (χ2n) is 3.11. The van der Waals surface area contributed by atoms with Crippen molar-refractivity contribution in [3.8, 4) is 0 Å². The molecule has 3 nitrogen and oxygen atoms in total. The fourth-order valence-corrected chi connectivity index (χ4v) is 3.14. The standard InChI is InChI=1S/C9H9BrN2OS/c1-4-6(3-13)5(2)11-9-7(4)8(10)12-14-9/h13H,3H2,1-2H3. The van der Waals surface area contributed by atoms with Gasteiger partial charge >= 0.3 is 0 Å². The number of rotatable bonds is 1. The molecule has 2 aromatic heterocycles. The zero-order chi connectivity index (χ0) is 10.3. The third kappa shape index (κ3) is 1.36. The quantitative estimate of drug-likeness (QED) is 0.868. The molecule has 14 heavy (non-hydrogen) atoms. The Morgan fingerprint density at radius 2 is 2.14 bits per heavy atom. The van der Waals surface area contributed by atoms with Crippen molar-refractivity contribution in [2.24, 2.45) is 0 Å². The highest BCUT2D eigenvalue weighted by atomic mass is 79.9. The molecule has 0 radical (unpaired) electrons. The van der Waals surface area contributed by atoms with Crippen LogP contribution in [0, 0.1) is 13.8 Å². The molecule has 0 amide bonds. The number of halogens is 1. The van der Waals surface area contributed by atoms with E-state index in [1.165, 1.54) is 11.5 Å². The number of aliphatic hydroxyl groups is 1. The van der Waals surface area contributed by atoms with Crippen LogP contribution in [-0.2, 0) is 6.61 Å². The van der Waals surface area contributed by atoms with Crippen LogP contribution in [0.25, 0.3) is 10.2 Å². The second-order valence-corrected chi connectivity index (χ2v) is 4.62. The minimum absolute atomic E-state index is 0.0306. The predicted molar refractivity (Wildman–Crippen MR) is 60.5 cm³/mol. The Kier molecular flexibility index (Phi) is 2.55. The van der Waals surface area contributed by atoms with Crippen LogP contribution in [0.1, 0.15) is 16.8 Å². The van der Waals surface area contributed by atoms with Crippen LogP contribution in [0.15, 0.2) is 4.60 Å². The predicted octanol–water partition coefficient (Wildman–Crippen LogP) is 2.56. The first-order chi connectivity index (χ1) is 6.65. The molecule has 0 saturated carbocycles. The molecule has 0 atom stereocenters. The topological polar surface area (TPSA) is 46.0 Å². The lowest BCUT2D eigenvalue weighted by molar-refractivity contribution is 0.280. The van der Waals surface area contributed by atoms with Crippen LogP contribution < -0.4 is 0 Å². The van der Waals surface area contributed by atoms with Crippen LogP contribution in [0.4, 0.5) is 0 Å². The Bertz CT molecular complexity index is 495. The van der Waals surface area contributed by atoms with Gasteiger partial charge in [-0.2, -0.15) is 4.37 Å². The molecule has 1 N–H and O–H groups in total. The van der Waals surface area contributed by atoms with E-state index >= 15 is 0 Å². The van der Waals surface area contributed by atoms with Crippen molar-refractivity contribution < 1.29 is 5.11 Å². The Labute approximate surface area is 94.1 Å². The summed E-state index contributed by atoms with van der Waals surface area (Å²) >= 11 is 4.76. The lowest BCUT2D eigenvalue weighted by Gasteiger charge is -2.06. The first-order valence-corrected chi connectivity index (χ1v) is 5.73. The van der Waals surface area contributed by atoms with Crippen LogP contribution in [0.3, 0.4) is 0 Å². The van der Waals surface area contributed by atoms with Crippen molar-refractivity contribution >= 4 is 37.7 Å². The maximum atomic E-state index is 9.21. The van der Waals surface area contributed by atoms with Gasteiger partial charge in [-0.3, -0.25) is 0 Å². The SMILES string of the molecule is Cc1nc2snc(Br)c2c(C)c1CO. The van der Waals surface area contributed by atoms with E-state index in [0.717, 1.165) is 31.6 Å². The number of hydrogen-bond donors (Lipinski definition) is 1. The molecule has 0 aliphatic rings. The van der Waals surface area contributed by atoms with Gasteiger partial charge in [-0.25, -0.2) is 4.98 Å². The van der Waals surface area contributed by atoms with Crippen molar-refractivity contribution in [3.63, 3.8) is 0 Å². The first kappa shape index (κ1) is 10.0. The van der Waals surface area contributed by atoms with Gasteiger partial charge in [0.15, 0.2) is 0 Å². The molecule has 0 unspecified atom stereocenters. The fraction of sp³-hybridized carbons (Fsp3) is 0.333. The van der Waals surface area contributed by atoms with E-state index in [2.05, 4.69) is 25.3 Å². The number of nitrogens with zero attached hydrogens (tertiary/aromatic N) is 2. The number of hydrogen-bond acceptors (Lipinski definition) is 4. The molecule has 0 aliphatic carbocycles. The van der Waals surface area contributed by atoms with Crippen LogP contribution in [0.2, 0.25) is 0 Å². The third-order valence-electron chi connectivity index (χ3n) is 2.32. The molecule has 0 saturated heterocycles. The van der Waals surface area contributed by atoms with Gasteiger partial charge in [0.05, 0.1) is 6.61 Å². The molecule has 0 bridgehead atoms. The maximum absolute atomic E-state index is 9.21. The van der Waals surface area contributed by atoms with E-state index in [-0.39, 0.29) is 6.61 Å². The first-order valence-electron chi connectivity index (χ1n) is 4.17. The lowest BCUT2D eigenvalue weighted by atomic mass is 10.1. The summed E-state index contributed by atoms with van der Waals surface area (Å²) in [6, 6.07) is 0. The van der Waals surface area contributed by atoms with Gasteiger partial charge in [0.25, 0.3) is 0 Å². The normalized spacial score (nSPS) is 11.1. The second kappa shape index (κ2) is 3.56. The van der Waals surface area contributed by atoms with Gasteiger partial charge in [-0.15, -0.1) is 0 Å². The van der Waals surface area contributed by atoms with Gasteiger partial charge in [-0.1, -0.05) is 0 Å². The summed E-state index contributed by atoms with van der Waals surface area (Å²) in [7, 11) is 0. The Balaban J connectivity index is 2.89. The number of fused-ring (bicyclic) bond motifs is 1. The average molecular weight is 273 g/mol.